The molecule has 1 atom stereocenters. The molecule has 0 saturated carbocycles. The van der Waals surface area contributed by atoms with Gasteiger partial charge in [0.1, 0.15) is 12.1 Å². The first kappa shape index (κ1) is 12.0. The lowest BCUT2D eigenvalue weighted by Gasteiger charge is -2.39. The van der Waals surface area contributed by atoms with Crippen molar-refractivity contribution in [2.75, 3.05) is 31.6 Å². The smallest absolute Gasteiger partial charge is 0.150 e. The maximum absolute atomic E-state index is 13.4. The monoisotopic (exact) mass is 236 g/mol. The molecule has 1 aromatic rings. The average molecular weight is 236 g/mol. The molecule has 1 aliphatic rings. The molecule has 17 heavy (non-hydrogen) atoms. The summed E-state index contributed by atoms with van der Waals surface area (Å²) < 4.78 is 13.4. The predicted octanol–water partition coefficient (Wildman–Crippen LogP) is 1.78. The Morgan fingerprint density at radius 3 is 2.76 bits per heavy atom. The predicted molar refractivity (Wildman–Crippen MR) is 66.1 cm³/mol. The number of aldehydes is 1. The highest BCUT2D eigenvalue weighted by molar-refractivity contribution is 5.77. The van der Waals surface area contributed by atoms with E-state index in [1.807, 2.05) is 0 Å². The SMILES string of the molecule is CC1CN(C)CCN1c1cc(F)cc(C=O)c1. The van der Waals surface area contributed by atoms with Gasteiger partial charge in [0, 0.05) is 36.9 Å². The lowest BCUT2D eigenvalue weighted by Crippen LogP contribution is -2.50. The Morgan fingerprint density at radius 2 is 2.12 bits per heavy atom. The largest absolute Gasteiger partial charge is 0.366 e. The summed E-state index contributed by atoms with van der Waals surface area (Å²) in [7, 11) is 2.08. The first-order valence-corrected chi connectivity index (χ1v) is 5.81. The topological polar surface area (TPSA) is 23.6 Å². The molecule has 2 rings (SSSR count). The maximum Gasteiger partial charge on any atom is 0.150 e. The molecule has 0 radical (unpaired) electrons. The van der Waals surface area contributed by atoms with Gasteiger partial charge < -0.3 is 9.80 Å². The Labute approximate surface area is 101 Å². The van der Waals surface area contributed by atoms with Crippen molar-refractivity contribution < 1.29 is 9.18 Å². The molecule has 0 amide bonds. The molecular formula is C13H17FN2O. The van der Waals surface area contributed by atoms with E-state index in [1.165, 1.54) is 12.1 Å². The number of likely N-dealkylation sites (N-methyl/N-ethyl adjacent to an activating group) is 1. The van der Waals surface area contributed by atoms with E-state index in [1.54, 1.807) is 6.07 Å². The molecule has 1 heterocycles. The second-order valence-corrected chi connectivity index (χ2v) is 4.67. The number of hydrogen-bond donors (Lipinski definition) is 0. The number of benzene rings is 1. The molecule has 1 aliphatic heterocycles. The minimum atomic E-state index is -0.351. The van der Waals surface area contributed by atoms with E-state index in [0.717, 1.165) is 25.3 Å². The van der Waals surface area contributed by atoms with Crippen molar-refractivity contribution in [3.63, 3.8) is 0 Å². The summed E-state index contributed by atoms with van der Waals surface area (Å²) in [6.07, 6.45) is 0.688. The van der Waals surface area contributed by atoms with Crippen LogP contribution in [0.3, 0.4) is 0 Å². The van der Waals surface area contributed by atoms with Crippen LogP contribution in [-0.2, 0) is 0 Å². The van der Waals surface area contributed by atoms with Crippen molar-refractivity contribution in [3.05, 3.63) is 29.6 Å². The van der Waals surface area contributed by atoms with Crippen molar-refractivity contribution in [2.45, 2.75) is 13.0 Å². The van der Waals surface area contributed by atoms with Gasteiger partial charge in [-0.3, -0.25) is 4.79 Å². The number of carbonyl (C=O) groups excluding carboxylic acids is 1. The lowest BCUT2D eigenvalue weighted by molar-refractivity contribution is 0.112. The number of carbonyl (C=O) groups is 1. The number of piperazine rings is 1. The molecule has 0 aromatic heterocycles. The van der Waals surface area contributed by atoms with Crippen LogP contribution in [0.2, 0.25) is 0 Å². The third kappa shape index (κ3) is 2.64. The van der Waals surface area contributed by atoms with Gasteiger partial charge in [0.25, 0.3) is 0 Å². The van der Waals surface area contributed by atoms with Crippen LogP contribution in [0.5, 0.6) is 0 Å². The Morgan fingerprint density at radius 1 is 1.35 bits per heavy atom. The van der Waals surface area contributed by atoms with Gasteiger partial charge in [-0.2, -0.15) is 0 Å². The zero-order valence-corrected chi connectivity index (χ0v) is 10.2. The van der Waals surface area contributed by atoms with Crippen LogP contribution < -0.4 is 4.90 Å². The third-order valence-electron chi connectivity index (χ3n) is 3.20. The molecule has 0 aliphatic carbocycles. The normalized spacial score (nSPS) is 21.6. The molecule has 3 nitrogen and oxygen atoms in total. The van der Waals surface area contributed by atoms with Crippen molar-refractivity contribution in [1.29, 1.82) is 0 Å². The number of hydrogen-bond acceptors (Lipinski definition) is 3. The van der Waals surface area contributed by atoms with Gasteiger partial charge in [0.2, 0.25) is 0 Å². The molecule has 1 saturated heterocycles. The van der Waals surface area contributed by atoms with Gasteiger partial charge >= 0.3 is 0 Å². The van der Waals surface area contributed by atoms with Gasteiger partial charge in [-0.1, -0.05) is 0 Å². The van der Waals surface area contributed by atoms with E-state index in [4.69, 9.17) is 0 Å². The molecule has 1 aromatic carbocycles. The van der Waals surface area contributed by atoms with Crippen molar-refractivity contribution in [2.24, 2.45) is 0 Å². The summed E-state index contributed by atoms with van der Waals surface area (Å²) in [4.78, 5) is 15.1. The Hall–Kier alpha value is -1.42. The molecule has 1 fully saturated rings. The average Bonchev–Trinajstić information content (AvgIpc) is 2.28. The van der Waals surface area contributed by atoms with E-state index in [-0.39, 0.29) is 5.82 Å². The van der Waals surface area contributed by atoms with Crippen LogP contribution in [0.1, 0.15) is 17.3 Å². The molecule has 0 bridgehead atoms. The minimum Gasteiger partial charge on any atom is -0.366 e. The molecular weight excluding hydrogens is 219 g/mol. The molecule has 0 spiro atoms. The number of rotatable bonds is 2. The van der Waals surface area contributed by atoms with Crippen LogP contribution >= 0.6 is 0 Å². The summed E-state index contributed by atoms with van der Waals surface area (Å²) >= 11 is 0. The first-order valence-electron chi connectivity index (χ1n) is 5.81. The summed E-state index contributed by atoms with van der Waals surface area (Å²) in [5, 5.41) is 0. The van der Waals surface area contributed by atoms with Gasteiger partial charge in [-0.15, -0.1) is 0 Å². The Bertz CT molecular complexity index is 422. The second kappa shape index (κ2) is 4.84. The fourth-order valence-corrected chi connectivity index (χ4v) is 2.35. The standard InChI is InChI=1S/C13H17FN2O/c1-10-8-15(2)3-4-16(10)13-6-11(9-17)5-12(14)7-13/h5-7,9-10H,3-4,8H2,1-2H3. The summed E-state index contributed by atoms with van der Waals surface area (Å²) in [5.41, 5.74) is 1.19. The number of anilines is 1. The summed E-state index contributed by atoms with van der Waals surface area (Å²) in [5.74, 6) is -0.351. The zero-order valence-electron chi connectivity index (χ0n) is 10.2. The first-order chi connectivity index (χ1) is 8.10. The van der Waals surface area contributed by atoms with Crippen LogP contribution in [0.15, 0.2) is 18.2 Å². The number of halogens is 1. The summed E-state index contributed by atoms with van der Waals surface area (Å²) in [6, 6.07) is 4.83. The number of nitrogens with zero attached hydrogens (tertiary/aromatic N) is 2. The van der Waals surface area contributed by atoms with E-state index >= 15 is 0 Å². The molecule has 4 heteroatoms. The third-order valence-corrected chi connectivity index (χ3v) is 3.20. The van der Waals surface area contributed by atoms with Gasteiger partial charge in [0.05, 0.1) is 0 Å². The highest BCUT2D eigenvalue weighted by Gasteiger charge is 2.22. The van der Waals surface area contributed by atoms with Gasteiger partial charge in [0.15, 0.2) is 0 Å². The quantitative estimate of drug-likeness (QED) is 0.731. The molecule has 0 N–H and O–H groups in total. The summed E-state index contributed by atoms with van der Waals surface area (Å²) in [6.45, 7) is 4.88. The van der Waals surface area contributed by atoms with Crippen LogP contribution in [0, 0.1) is 5.82 Å². The lowest BCUT2D eigenvalue weighted by atomic mass is 10.1. The van der Waals surface area contributed by atoms with Gasteiger partial charge in [-0.25, -0.2) is 4.39 Å². The van der Waals surface area contributed by atoms with E-state index in [0.29, 0.717) is 17.9 Å². The second-order valence-electron chi connectivity index (χ2n) is 4.67. The van der Waals surface area contributed by atoms with E-state index < -0.39 is 0 Å². The van der Waals surface area contributed by atoms with E-state index in [9.17, 15) is 9.18 Å². The maximum atomic E-state index is 13.4. The fourth-order valence-electron chi connectivity index (χ4n) is 2.35. The highest BCUT2D eigenvalue weighted by Crippen LogP contribution is 2.22. The van der Waals surface area contributed by atoms with E-state index in [2.05, 4.69) is 23.8 Å². The van der Waals surface area contributed by atoms with Gasteiger partial charge in [-0.05, 0) is 32.2 Å². The van der Waals surface area contributed by atoms with Crippen LogP contribution in [0.25, 0.3) is 0 Å². The Kier molecular flexibility index (Phi) is 3.43. The molecule has 1 unspecified atom stereocenters. The fraction of sp³-hybridized carbons (Fsp3) is 0.462. The van der Waals surface area contributed by atoms with Crippen molar-refractivity contribution in [3.8, 4) is 0 Å². The zero-order chi connectivity index (χ0) is 12.4. The highest BCUT2D eigenvalue weighted by atomic mass is 19.1. The van der Waals surface area contributed by atoms with Crippen molar-refractivity contribution >= 4 is 12.0 Å². The van der Waals surface area contributed by atoms with Crippen molar-refractivity contribution in [1.82, 2.24) is 4.90 Å². The van der Waals surface area contributed by atoms with Crippen LogP contribution in [0.4, 0.5) is 10.1 Å². The molecule has 92 valence electrons. The Balaban J connectivity index is 2.27. The van der Waals surface area contributed by atoms with Crippen LogP contribution in [-0.4, -0.2) is 43.9 Å². The minimum absolute atomic E-state index is 0.329.